The van der Waals surface area contributed by atoms with Crippen molar-refractivity contribution < 1.29 is 26.4 Å². The number of hydrogen-bond donors (Lipinski definition) is 1. The summed E-state index contributed by atoms with van der Waals surface area (Å²) in [6.45, 7) is 1.53. The molecule has 2 rings (SSSR count). The van der Waals surface area contributed by atoms with Crippen LogP contribution in [0.25, 0.3) is 0 Å². The Morgan fingerprint density at radius 2 is 1.78 bits per heavy atom. The maximum Gasteiger partial charge on any atom is 0.416 e. The van der Waals surface area contributed by atoms with E-state index in [1.54, 1.807) is 0 Å². The van der Waals surface area contributed by atoms with E-state index in [0.717, 1.165) is 36.8 Å². The van der Waals surface area contributed by atoms with Crippen LogP contribution in [-0.2, 0) is 26.2 Å². The lowest BCUT2D eigenvalue weighted by Gasteiger charge is -2.19. The van der Waals surface area contributed by atoms with Gasteiger partial charge in [0.25, 0.3) is 0 Å². The molecular formula is C15H18F3NO3S. The van der Waals surface area contributed by atoms with E-state index in [1.807, 2.05) is 0 Å². The van der Waals surface area contributed by atoms with Crippen molar-refractivity contribution in [3.8, 4) is 0 Å². The van der Waals surface area contributed by atoms with Crippen molar-refractivity contribution in [3.63, 3.8) is 0 Å². The molecule has 1 fully saturated rings. The number of hydrogen-bond acceptors (Lipinski definition) is 3. The average molecular weight is 349 g/mol. The van der Waals surface area contributed by atoms with Crippen LogP contribution in [0.15, 0.2) is 24.3 Å². The lowest BCUT2D eigenvalue weighted by atomic mass is 9.94. The summed E-state index contributed by atoms with van der Waals surface area (Å²) in [5, 5.41) is 1.45. The molecule has 0 aliphatic heterocycles. The summed E-state index contributed by atoms with van der Waals surface area (Å²) >= 11 is 0. The minimum atomic E-state index is -4.38. The Kier molecular flexibility index (Phi) is 4.49. The topological polar surface area (TPSA) is 63.2 Å². The Hall–Kier alpha value is -1.57. The van der Waals surface area contributed by atoms with Gasteiger partial charge < -0.3 is 5.32 Å². The van der Waals surface area contributed by atoms with Crippen LogP contribution in [0.1, 0.15) is 30.9 Å². The van der Waals surface area contributed by atoms with Gasteiger partial charge in [0.05, 0.1) is 5.56 Å². The van der Waals surface area contributed by atoms with E-state index in [4.69, 9.17) is 0 Å². The van der Waals surface area contributed by atoms with Gasteiger partial charge in [-0.3, -0.25) is 4.79 Å². The normalized spacial score (nSPS) is 18.3. The van der Waals surface area contributed by atoms with Crippen LogP contribution < -0.4 is 5.32 Å². The maximum atomic E-state index is 12.6. The lowest BCUT2D eigenvalue weighted by Crippen LogP contribution is -2.41. The summed E-state index contributed by atoms with van der Waals surface area (Å²) in [4.78, 5) is 11.8. The first-order chi connectivity index (χ1) is 10.5. The van der Waals surface area contributed by atoms with E-state index < -0.39 is 38.1 Å². The number of carbonyl (C=O) groups is 1. The first-order valence-corrected chi connectivity index (χ1v) is 9.05. The predicted octanol–water partition coefficient (Wildman–Crippen LogP) is 2.29. The molecule has 1 N–H and O–H groups in total. The van der Waals surface area contributed by atoms with E-state index in [-0.39, 0.29) is 6.54 Å². The number of sulfone groups is 1. The SMILES string of the molecule is C[C@@H](C(=O)NCC1(c2ccc(C(F)(F)F)cc2)CC1)S(C)(=O)=O. The quantitative estimate of drug-likeness (QED) is 0.887. The molecule has 1 aromatic carbocycles. The molecule has 8 heteroatoms. The van der Waals surface area contributed by atoms with Gasteiger partial charge >= 0.3 is 6.18 Å². The highest BCUT2D eigenvalue weighted by atomic mass is 32.2. The van der Waals surface area contributed by atoms with E-state index in [0.29, 0.717) is 0 Å². The monoisotopic (exact) mass is 349 g/mol. The molecule has 128 valence electrons. The van der Waals surface area contributed by atoms with Crippen LogP contribution in [0.3, 0.4) is 0 Å². The Morgan fingerprint density at radius 1 is 1.26 bits per heavy atom. The van der Waals surface area contributed by atoms with E-state index >= 15 is 0 Å². The molecule has 0 spiro atoms. The Balaban J connectivity index is 2.05. The van der Waals surface area contributed by atoms with E-state index in [1.165, 1.54) is 19.1 Å². The molecule has 0 heterocycles. The summed E-state index contributed by atoms with van der Waals surface area (Å²) in [5.41, 5.74) is -0.388. The van der Waals surface area contributed by atoms with E-state index in [2.05, 4.69) is 5.32 Å². The van der Waals surface area contributed by atoms with Crippen LogP contribution in [0.2, 0.25) is 0 Å². The average Bonchev–Trinajstić information content (AvgIpc) is 3.23. The van der Waals surface area contributed by atoms with Crippen LogP contribution in [-0.4, -0.2) is 32.4 Å². The first kappa shape index (κ1) is 17.8. The van der Waals surface area contributed by atoms with E-state index in [9.17, 15) is 26.4 Å². The molecule has 1 amide bonds. The molecule has 0 aromatic heterocycles. The van der Waals surface area contributed by atoms with Gasteiger partial charge in [0, 0.05) is 18.2 Å². The zero-order valence-electron chi connectivity index (χ0n) is 12.8. The standard InChI is InChI=1S/C15H18F3NO3S/c1-10(23(2,21)22)13(20)19-9-14(7-8-14)11-3-5-12(6-4-11)15(16,17)18/h3-6,10H,7-9H2,1-2H3,(H,19,20)/t10-/m0/s1. The fourth-order valence-corrected chi connectivity index (χ4v) is 2.80. The van der Waals surface area contributed by atoms with Crippen molar-refractivity contribution in [3.05, 3.63) is 35.4 Å². The molecule has 1 aromatic rings. The largest absolute Gasteiger partial charge is 0.416 e. The molecule has 1 atom stereocenters. The minimum absolute atomic E-state index is 0.219. The van der Waals surface area contributed by atoms with Crippen molar-refractivity contribution in [2.75, 3.05) is 12.8 Å². The molecule has 1 aliphatic carbocycles. The summed E-state index contributed by atoms with van der Waals surface area (Å²) < 4.78 is 60.4. The Morgan fingerprint density at radius 3 is 2.17 bits per heavy atom. The third kappa shape index (κ3) is 4.04. The summed E-state index contributed by atoms with van der Waals surface area (Å²) in [6.07, 6.45) is -1.91. The summed E-state index contributed by atoms with van der Waals surface area (Å²) in [7, 11) is -3.47. The lowest BCUT2D eigenvalue weighted by molar-refractivity contribution is -0.137. The van der Waals surface area contributed by atoms with Crippen molar-refractivity contribution in [2.45, 2.75) is 36.6 Å². The minimum Gasteiger partial charge on any atom is -0.354 e. The van der Waals surface area contributed by atoms with Gasteiger partial charge in [-0.2, -0.15) is 13.2 Å². The highest BCUT2D eigenvalue weighted by molar-refractivity contribution is 7.92. The summed E-state index contributed by atoms with van der Waals surface area (Å²) in [5.74, 6) is -0.592. The van der Waals surface area contributed by atoms with Crippen molar-refractivity contribution in [2.24, 2.45) is 0 Å². The van der Waals surface area contributed by atoms with Gasteiger partial charge in [-0.15, -0.1) is 0 Å². The number of amides is 1. The van der Waals surface area contributed by atoms with Gasteiger partial charge in [-0.05, 0) is 37.5 Å². The smallest absolute Gasteiger partial charge is 0.354 e. The molecule has 0 unspecified atom stereocenters. The van der Waals surface area contributed by atoms with Gasteiger partial charge in [0.1, 0.15) is 5.25 Å². The molecule has 23 heavy (non-hydrogen) atoms. The van der Waals surface area contributed by atoms with Crippen LogP contribution in [0, 0.1) is 0 Å². The number of nitrogens with one attached hydrogen (secondary N) is 1. The van der Waals surface area contributed by atoms with Gasteiger partial charge in [0.15, 0.2) is 9.84 Å². The van der Waals surface area contributed by atoms with Gasteiger partial charge in [-0.25, -0.2) is 8.42 Å². The van der Waals surface area contributed by atoms with Crippen LogP contribution >= 0.6 is 0 Å². The Bertz CT molecular complexity index is 692. The predicted molar refractivity (Wildman–Crippen MR) is 79.7 cm³/mol. The highest BCUT2D eigenvalue weighted by Crippen LogP contribution is 2.48. The zero-order chi connectivity index (χ0) is 17.5. The van der Waals surface area contributed by atoms with Crippen LogP contribution in [0.5, 0.6) is 0 Å². The third-order valence-electron chi connectivity index (χ3n) is 4.29. The third-order valence-corrected chi connectivity index (χ3v) is 5.79. The van der Waals surface area contributed by atoms with Crippen LogP contribution in [0.4, 0.5) is 13.2 Å². The number of benzene rings is 1. The highest BCUT2D eigenvalue weighted by Gasteiger charge is 2.45. The van der Waals surface area contributed by atoms with Gasteiger partial charge in [-0.1, -0.05) is 12.1 Å². The Labute approximate surface area is 133 Å². The van der Waals surface area contributed by atoms with Crippen molar-refractivity contribution in [1.29, 1.82) is 0 Å². The first-order valence-electron chi connectivity index (χ1n) is 7.10. The van der Waals surface area contributed by atoms with Gasteiger partial charge in [0.2, 0.25) is 5.91 Å². The second kappa shape index (κ2) is 5.81. The number of rotatable bonds is 5. The number of alkyl halides is 3. The summed E-state index contributed by atoms with van der Waals surface area (Å²) in [6, 6.07) is 4.89. The molecular weight excluding hydrogens is 331 g/mol. The second-order valence-electron chi connectivity index (χ2n) is 6.04. The zero-order valence-corrected chi connectivity index (χ0v) is 13.6. The fourth-order valence-electron chi connectivity index (χ4n) is 2.33. The second-order valence-corrected chi connectivity index (χ2v) is 8.41. The molecule has 0 saturated heterocycles. The molecule has 1 saturated carbocycles. The molecule has 4 nitrogen and oxygen atoms in total. The molecule has 0 bridgehead atoms. The molecule has 1 aliphatic rings. The number of halogens is 3. The van der Waals surface area contributed by atoms with Crippen molar-refractivity contribution in [1.82, 2.24) is 5.32 Å². The number of carbonyl (C=O) groups excluding carboxylic acids is 1. The maximum absolute atomic E-state index is 12.6. The molecule has 0 radical (unpaired) electrons. The fraction of sp³-hybridized carbons (Fsp3) is 0.533. The van der Waals surface area contributed by atoms with Crippen molar-refractivity contribution >= 4 is 15.7 Å².